The third kappa shape index (κ3) is 2.49. The minimum absolute atomic E-state index is 0.615. The van der Waals surface area contributed by atoms with Gasteiger partial charge in [-0.25, -0.2) is 0 Å². The molecule has 0 aromatic heterocycles. The molecule has 3 nitrogen and oxygen atoms in total. The fourth-order valence-electron chi connectivity index (χ4n) is 3.46. The van der Waals surface area contributed by atoms with Crippen LogP contribution < -0.4 is 4.74 Å². The molecule has 1 aromatic carbocycles. The minimum atomic E-state index is 0.615. The predicted octanol–water partition coefficient (Wildman–Crippen LogP) is 2.32. The summed E-state index contributed by atoms with van der Waals surface area (Å²) >= 11 is 0. The number of rotatable bonds is 3. The number of likely N-dealkylation sites (N-methyl/N-ethyl adjacent to an activating group) is 1. The molecule has 104 valence electrons. The molecule has 1 fully saturated rings. The van der Waals surface area contributed by atoms with Gasteiger partial charge < -0.3 is 9.64 Å². The van der Waals surface area contributed by atoms with Crippen LogP contribution in [0.5, 0.6) is 5.75 Å². The van der Waals surface area contributed by atoms with Crippen LogP contribution >= 0.6 is 0 Å². The lowest BCUT2D eigenvalue weighted by atomic mass is 10.1. The maximum absolute atomic E-state index is 5.38. The summed E-state index contributed by atoms with van der Waals surface area (Å²) in [6, 6.07) is 7.20. The zero-order chi connectivity index (χ0) is 13.2. The van der Waals surface area contributed by atoms with E-state index in [1.54, 1.807) is 7.11 Å². The van der Waals surface area contributed by atoms with Gasteiger partial charge in [0.05, 0.1) is 7.11 Å². The first-order valence-corrected chi connectivity index (χ1v) is 7.45. The van der Waals surface area contributed by atoms with Crippen molar-refractivity contribution in [1.29, 1.82) is 0 Å². The molecule has 1 heterocycles. The van der Waals surface area contributed by atoms with Crippen LogP contribution in [0.15, 0.2) is 18.2 Å². The number of hydrogen-bond donors (Lipinski definition) is 0. The molecule has 1 atom stereocenters. The van der Waals surface area contributed by atoms with Crippen LogP contribution in [0.1, 0.15) is 30.5 Å². The van der Waals surface area contributed by atoms with Gasteiger partial charge >= 0.3 is 0 Å². The van der Waals surface area contributed by atoms with E-state index in [0.29, 0.717) is 6.04 Å². The van der Waals surface area contributed by atoms with E-state index in [-0.39, 0.29) is 0 Å². The molecule has 1 aliphatic carbocycles. The number of hydrogen-bond acceptors (Lipinski definition) is 3. The van der Waals surface area contributed by atoms with Gasteiger partial charge in [0.1, 0.15) is 5.75 Å². The van der Waals surface area contributed by atoms with Gasteiger partial charge in [0.15, 0.2) is 0 Å². The van der Waals surface area contributed by atoms with Crippen LogP contribution in [-0.2, 0) is 6.42 Å². The average molecular weight is 260 g/mol. The zero-order valence-electron chi connectivity index (χ0n) is 12.1. The van der Waals surface area contributed by atoms with Gasteiger partial charge in [-0.15, -0.1) is 0 Å². The number of aryl methyl sites for hydroxylation is 1. The van der Waals surface area contributed by atoms with Crippen molar-refractivity contribution in [2.24, 2.45) is 0 Å². The summed E-state index contributed by atoms with van der Waals surface area (Å²) in [5.41, 5.74) is 3.02. The summed E-state index contributed by atoms with van der Waals surface area (Å²) < 4.78 is 5.38. The number of methoxy groups -OCH3 is 1. The third-order valence-electron chi connectivity index (χ3n) is 4.69. The van der Waals surface area contributed by atoms with Gasteiger partial charge in [-0.05, 0) is 42.6 Å². The van der Waals surface area contributed by atoms with Crippen molar-refractivity contribution < 1.29 is 4.74 Å². The highest BCUT2D eigenvalue weighted by Crippen LogP contribution is 2.38. The van der Waals surface area contributed by atoms with Crippen molar-refractivity contribution in [2.75, 3.05) is 39.8 Å². The quantitative estimate of drug-likeness (QED) is 0.829. The molecular formula is C16H24N2O. The van der Waals surface area contributed by atoms with E-state index in [1.165, 1.54) is 56.7 Å². The van der Waals surface area contributed by atoms with Gasteiger partial charge in [0, 0.05) is 32.2 Å². The average Bonchev–Trinajstić information content (AvgIpc) is 2.90. The maximum Gasteiger partial charge on any atom is 0.119 e. The molecule has 0 spiro atoms. The Balaban J connectivity index is 1.75. The first-order chi connectivity index (χ1) is 9.31. The number of nitrogens with zero attached hydrogens (tertiary/aromatic N) is 2. The van der Waals surface area contributed by atoms with Crippen LogP contribution in [0.4, 0.5) is 0 Å². The van der Waals surface area contributed by atoms with Crippen LogP contribution in [0.25, 0.3) is 0 Å². The Hall–Kier alpha value is -1.06. The number of piperazine rings is 1. The first-order valence-electron chi connectivity index (χ1n) is 7.45. The molecule has 2 aliphatic rings. The molecule has 0 radical (unpaired) electrons. The Kier molecular flexibility index (Phi) is 3.76. The molecule has 3 heteroatoms. The Bertz CT molecular complexity index is 438. The summed E-state index contributed by atoms with van der Waals surface area (Å²) in [4.78, 5) is 5.20. The van der Waals surface area contributed by atoms with Gasteiger partial charge in [-0.2, -0.15) is 0 Å². The maximum atomic E-state index is 5.38. The molecule has 0 bridgehead atoms. The summed E-state index contributed by atoms with van der Waals surface area (Å²) in [5.74, 6) is 0.998. The molecular weight excluding hydrogens is 236 g/mol. The van der Waals surface area contributed by atoms with Crippen LogP contribution in [0.2, 0.25) is 0 Å². The largest absolute Gasteiger partial charge is 0.497 e. The molecule has 0 N–H and O–H groups in total. The van der Waals surface area contributed by atoms with Crippen LogP contribution in [0, 0.1) is 0 Å². The van der Waals surface area contributed by atoms with E-state index in [9.17, 15) is 0 Å². The minimum Gasteiger partial charge on any atom is -0.497 e. The highest BCUT2D eigenvalue weighted by molar-refractivity contribution is 5.40. The Morgan fingerprint density at radius 1 is 1.21 bits per heavy atom. The highest BCUT2D eigenvalue weighted by Gasteiger charge is 2.30. The zero-order valence-corrected chi connectivity index (χ0v) is 12.1. The lowest BCUT2D eigenvalue weighted by molar-refractivity contribution is 0.0993. The normalized spacial score (nSPS) is 24.4. The van der Waals surface area contributed by atoms with E-state index in [0.717, 1.165) is 5.75 Å². The molecule has 0 saturated carbocycles. The van der Waals surface area contributed by atoms with E-state index in [4.69, 9.17) is 4.74 Å². The fraction of sp³-hybridized carbons (Fsp3) is 0.625. The molecule has 1 aromatic rings. The second kappa shape index (κ2) is 5.51. The second-order valence-electron chi connectivity index (χ2n) is 5.59. The van der Waals surface area contributed by atoms with Gasteiger partial charge in [-0.1, -0.05) is 13.0 Å². The van der Waals surface area contributed by atoms with Crippen LogP contribution in [0.3, 0.4) is 0 Å². The molecule has 1 saturated heterocycles. The highest BCUT2D eigenvalue weighted by atomic mass is 16.5. The monoisotopic (exact) mass is 260 g/mol. The Morgan fingerprint density at radius 3 is 2.68 bits per heavy atom. The summed E-state index contributed by atoms with van der Waals surface area (Å²) in [6.07, 6.45) is 2.49. The lowest BCUT2D eigenvalue weighted by Crippen LogP contribution is -2.47. The summed E-state index contributed by atoms with van der Waals surface area (Å²) in [6.45, 7) is 8.28. The van der Waals surface area contributed by atoms with E-state index >= 15 is 0 Å². The van der Waals surface area contributed by atoms with Gasteiger partial charge in [-0.3, -0.25) is 4.90 Å². The van der Waals surface area contributed by atoms with Crippen molar-refractivity contribution in [2.45, 2.75) is 25.8 Å². The molecule has 1 unspecified atom stereocenters. The molecule has 19 heavy (non-hydrogen) atoms. The van der Waals surface area contributed by atoms with Gasteiger partial charge in [0.2, 0.25) is 0 Å². The van der Waals surface area contributed by atoms with Crippen LogP contribution in [-0.4, -0.2) is 49.6 Å². The molecule has 3 rings (SSSR count). The first kappa shape index (κ1) is 12.9. The van der Waals surface area contributed by atoms with Crippen molar-refractivity contribution >= 4 is 0 Å². The smallest absolute Gasteiger partial charge is 0.119 e. The topological polar surface area (TPSA) is 15.7 Å². The summed E-state index contributed by atoms with van der Waals surface area (Å²) in [7, 11) is 1.76. The lowest BCUT2D eigenvalue weighted by Gasteiger charge is -2.38. The molecule has 0 amide bonds. The van der Waals surface area contributed by atoms with E-state index in [1.807, 2.05) is 0 Å². The van der Waals surface area contributed by atoms with E-state index < -0.39 is 0 Å². The van der Waals surface area contributed by atoms with E-state index in [2.05, 4.69) is 34.9 Å². The Morgan fingerprint density at radius 2 is 2.00 bits per heavy atom. The summed E-state index contributed by atoms with van der Waals surface area (Å²) in [5, 5.41) is 0. The number of fused-ring (bicyclic) bond motifs is 1. The van der Waals surface area contributed by atoms with Gasteiger partial charge in [0.25, 0.3) is 0 Å². The molecule has 1 aliphatic heterocycles. The number of ether oxygens (including phenoxy) is 1. The fourth-order valence-corrected chi connectivity index (χ4v) is 3.46. The standard InChI is InChI=1S/C16H24N2O/c1-3-17-8-10-18(11-9-17)16-7-5-13-4-6-14(19-2)12-15(13)16/h4,6,12,16H,3,5,7-11H2,1-2H3. The Labute approximate surface area is 116 Å². The SMILES string of the molecule is CCN1CCN(C2CCc3ccc(OC)cc32)CC1. The number of benzene rings is 1. The third-order valence-corrected chi connectivity index (χ3v) is 4.69. The van der Waals surface area contributed by atoms with Crippen molar-refractivity contribution in [3.8, 4) is 5.75 Å². The van der Waals surface area contributed by atoms with Crippen molar-refractivity contribution in [3.05, 3.63) is 29.3 Å². The van der Waals surface area contributed by atoms with Crippen molar-refractivity contribution in [1.82, 2.24) is 9.80 Å². The van der Waals surface area contributed by atoms with Crippen molar-refractivity contribution in [3.63, 3.8) is 0 Å². The second-order valence-corrected chi connectivity index (χ2v) is 5.59. The predicted molar refractivity (Wildman–Crippen MR) is 77.7 cm³/mol.